The molecule has 29 heavy (non-hydrogen) atoms. The molecule has 2 N–H and O–H groups in total. The Morgan fingerprint density at radius 1 is 1.00 bits per heavy atom. The number of carbonyl (C=O) groups is 1. The normalized spacial score (nSPS) is 10.7. The predicted molar refractivity (Wildman–Crippen MR) is 114 cm³/mol. The van der Waals surface area contributed by atoms with Crippen LogP contribution in [0.15, 0.2) is 72.9 Å². The molecule has 1 aromatic heterocycles. The molecule has 0 saturated carbocycles. The van der Waals surface area contributed by atoms with Gasteiger partial charge in [0.2, 0.25) is 0 Å². The fraction of sp³-hybridized carbons (Fsp3) is 0.0909. The molecule has 0 aliphatic rings. The lowest BCUT2D eigenvalue weighted by molar-refractivity contribution is 0.101. The number of fused-ring (bicyclic) bond motifs is 1. The molecule has 0 spiro atoms. The highest BCUT2D eigenvalue weighted by molar-refractivity contribution is 6.03. The van der Waals surface area contributed by atoms with Gasteiger partial charge in [0, 0.05) is 25.3 Å². The molecule has 0 aliphatic heterocycles. The van der Waals surface area contributed by atoms with E-state index in [1.165, 1.54) is 10.9 Å². The predicted octanol–water partition coefficient (Wildman–Crippen LogP) is 3.56. The molecule has 0 unspecified atom stereocenters. The smallest absolute Gasteiger partial charge is 0.276 e. The molecule has 0 bridgehead atoms. The zero-order valence-electron chi connectivity index (χ0n) is 16.1. The molecule has 4 aromatic rings. The number of nitrogens with zero attached hydrogens (tertiary/aromatic N) is 4. The maximum Gasteiger partial charge on any atom is 0.276 e. The number of hydrogen-bond acceptors (Lipinski definition) is 4. The van der Waals surface area contributed by atoms with Gasteiger partial charge in [-0.25, -0.2) is 4.68 Å². The van der Waals surface area contributed by atoms with Crippen molar-refractivity contribution in [3.63, 3.8) is 0 Å². The van der Waals surface area contributed by atoms with E-state index in [0.717, 1.165) is 22.0 Å². The van der Waals surface area contributed by atoms with Crippen molar-refractivity contribution in [3.05, 3.63) is 84.2 Å². The van der Waals surface area contributed by atoms with Gasteiger partial charge in [0.25, 0.3) is 5.91 Å². The van der Waals surface area contributed by atoms with Crippen LogP contribution in [0.3, 0.4) is 0 Å². The number of carbonyl (C=O) groups excluding carboxylic acids is 1. The average Bonchev–Trinajstić information content (AvgIpc) is 3.23. The number of nitrogens with one attached hydrogen (secondary N) is 2. The van der Waals surface area contributed by atoms with Crippen LogP contribution in [0.5, 0.6) is 0 Å². The van der Waals surface area contributed by atoms with Crippen molar-refractivity contribution in [3.8, 4) is 5.69 Å². The van der Waals surface area contributed by atoms with E-state index in [9.17, 15) is 4.79 Å². The summed E-state index contributed by atoms with van der Waals surface area (Å²) in [6, 6.07) is 21.0. The third-order valence-corrected chi connectivity index (χ3v) is 4.62. The second-order valence-corrected chi connectivity index (χ2v) is 6.84. The molecule has 0 saturated heterocycles. The Morgan fingerprint density at radius 3 is 2.45 bits per heavy atom. The summed E-state index contributed by atoms with van der Waals surface area (Å²) >= 11 is 0. The minimum Gasteiger partial charge on any atom is -0.363 e. The van der Waals surface area contributed by atoms with Crippen LogP contribution < -0.4 is 5.32 Å². The maximum atomic E-state index is 12.8. The third kappa shape index (κ3) is 3.70. The molecular formula is C22H20N6O. The summed E-state index contributed by atoms with van der Waals surface area (Å²) in [6.45, 7) is 0. The van der Waals surface area contributed by atoms with Gasteiger partial charge < -0.3 is 10.2 Å². The Hall–Kier alpha value is -4.00. The van der Waals surface area contributed by atoms with Crippen LogP contribution in [-0.2, 0) is 0 Å². The molecule has 7 heteroatoms. The van der Waals surface area contributed by atoms with Gasteiger partial charge in [-0.05, 0) is 47.2 Å². The molecule has 144 valence electrons. The van der Waals surface area contributed by atoms with Crippen molar-refractivity contribution in [2.24, 2.45) is 0 Å². The second-order valence-electron chi connectivity index (χ2n) is 6.84. The summed E-state index contributed by atoms with van der Waals surface area (Å²) in [5, 5.41) is 21.1. The summed E-state index contributed by atoms with van der Waals surface area (Å²) in [4.78, 5) is 14.5. The highest BCUT2D eigenvalue weighted by atomic mass is 16.2. The second kappa shape index (κ2) is 7.55. The van der Waals surface area contributed by atoms with Gasteiger partial charge in [-0.2, -0.15) is 0 Å². The Labute approximate surface area is 168 Å². The number of aromatic nitrogens is 3. The first-order valence-corrected chi connectivity index (χ1v) is 9.10. The van der Waals surface area contributed by atoms with E-state index in [1.807, 2.05) is 56.6 Å². The molecular weight excluding hydrogens is 364 g/mol. The van der Waals surface area contributed by atoms with Crippen LogP contribution in [0.25, 0.3) is 16.5 Å². The summed E-state index contributed by atoms with van der Waals surface area (Å²) in [7, 11) is 3.64. The van der Waals surface area contributed by atoms with E-state index in [-0.39, 0.29) is 5.91 Å². The van der Waals surface area contributed by atoms with Crippen molar-refractivity contribution in [1.29, 1.82) is 5.41 Å². The van der Waals surface area contributed by atoms with E-state index < -0.39 is 0 Å². The highest BCUT2D eigenvalue weighted by Crippen LogP contribution is 2.19. The van der Waals surface area contributed by atoms with Crippen LogP contribution in [0, 0.1) is 5.41 Å². The van der Waals surface area contributed by atoms with Crippen molar-refractivity contribution in [2.75, 3.05) is 19.4 Å². The number of amidine groups is 1. The van der Waals surface area contributed by atoms with Gasteiger partial charge in [0.15, 0.2) is 5.69 Å². The minimum atomic E-state index is -0.307. The lowest BCUT2D eigenvalue weighted by Gasteiger charge is -2.14. The standard InChI is InChI=1S/C22H20N6O/c1-27(2)21(23)16-7-10-18(11-8-16)25-22(29)20-14-24-26-28(20)19-12-9-15-5-3-4-6-17(15)13-19/h3-14,23H,1-2H3,(H,25,29). The minimum absolute atomic E-state index is 0.307. The highest BCUT2D eigenvalue weighted by Gasteiger charge is 2.15. The fourth-order valence-corrected chi connectivity index (χ4v) is 3.05. The van der Waals surface area contributed by atoms with Crippen molar-refractivity contribution >= 4 is 28.2 Å². The van der Waals surface area contributed by atoms with Gasteiger partial charge in [0.1, 0.15) is 5.84 Å². The van der Waals surface area contributed by atoms with Crippen molar-refractivity contribution in [2.45, 2.75) is 0 Å². The van der Waals surface area contributed by atoms with Gasteiger partial charge in [-0.1, -0.05) is 35.5 Å². The lowest BCUT2D eigenvalue weighted by Crippen LogP contribution is -2.21. The first-order valence-electron chi connectivity index (χ1n) is 9.10. The van der Waals surface area contributed by atoms with E-state index >= 15 is 0 Å². The zero-order valence-corrected chi connectivity index (χ0v) is 16.1. The maximum absolute atomic E-state index is 12.8. The molecule has 0 fully saturated rings. The average molecular weight is 384 g/mol. The Bertz CT molecular complexity index is 1190. The third-order valence-electron chi connectivity index (χ3n) is 4.62. The van der Waals surface area contributed by atoms with E-state index in [4.69, 9.17) is 5.41 Å². The lowest BCUT2D eigenvalue weighted by atomic mass is 10.1. The summed E-state index contributed by atoms with van der Waals surface area (Å²) in [5.74, 6) is 0.0973. The van der Waals surface area contributed by atoms with Gasteiger partial charge >= 0.3 is 0 Å². The van der Waals surface area contributed by atoms with E-state index in [2.05, 4.69) is 15.6 Å². The molecule has 7 nitrogen and oxygen atoms in total. The van der Waals surface area contributed by atoms with Gasteiger partial charge in [-0.15, -0.1) is 5.10 Å². The molecule has 1 heterocycles. The molecule has 4 rings (SSSR count). The van der Waals surface area contributed by atoms with Crippen molar-refractivity contribution in [1.82, 2.24) is 19.9 Å². The quantitative estimate of drug-likeness (QED) is 0.416. The Balaban J connectivity index is 1.57. The molecule has 0 radical (unpaired) electrons. The number of benzene rings is 3. The van der Waals surface area contributed by atoms with Gasteiger partial charge in [0.05, 0.1) is 11.9 Å². The van der Waals surface area contributed by atoms with Crippen LogP contribution in [-0.4, -0.2) is 45.7 Å². The summed E-state index contributed by atoms with van der Waals surface area (Å²) in [6.07, 6.45) is 1.45. The number of anilines is 1. The monoisotopic (exact) mass is 384 g/mol. The van der Waals surface area contributed by atoms with E-state index in [0.29, 0.717) is 17.2 Å². The first-order chi connectivity index (χ1) is 14.0. The fourth-order valence-electron chi connectivity index (χ4n) is 3.05. The van der Waals surface area contributed by atoms with Crippen molar-refractivity contribution < 1.29 is 4.79 Å². The Kier molecular flexibility index (Phi) is 4.78. The molecule has 0 atom stereocenters. The van der Waals surface area contributed by atoms with Crippen LogP contribution in [0.1, 0.15) is 16.1 Å². The topological polar surface area (TPSA) is 86.9 Å². The SMILES string of the molecule is CN(C)C(=N)c1ccc(NC(=O)c2cnnn2-c2ccc3ccccc3c2)cc1. The Morgan fingerprint density at radius 2 is 1.72 bits per heavy atom. The number of amides is 1. The first kappa shape index (κ1) is 18.4. The van der Waals surface area contributed by atoms with E-state index in [1.54, 1.807) is 29.2 Å². The summed E-state index contributed by atoms with van der Waals surface area (Å²) in [5.41, 5.74) is 2.51. The number of rotatable bonds is 4. The summed E-state index contributed by atoms with van der Waals surface area (Å²) < 4.78 is 1.53. The molecule has 1 amide bonds. The van der Waals surface area contributed by atoms with Crippen LogP contribution in [0.4, 0.5) is 5.69 Å². The zero-order chi connectivity index (χ0) is 20.4. The van der Waals surface area contributed by atoms with Crippen LogP contribution >= 0.6 is 0 Å². The van der Waals surface area contributed by atoms with Gasteiger partial charge in [-0.3, -0.25) is 10.2 Å². The molecule has 0 aliphatic carbocycles. The largest absolute Gasteiger partial charge is 0.363 e. The van der Waals surface area contributed by atoms with Crippen LogP contribution in [0.2, 0.25) is 0 Å². The molecule has 3 aromatic carbocycles. The number of hydrogen-bond donors (Lipinski definition) is 2.